The van der Waals surface area contributed by atoms with E-state index in [0.29, 0.717) is 12.1 Å². The monoisotopic (exact) mass is 199 g/mol. The van der Waals surface area contributed by atoms with E-state index in [1.165, 1.54) is 19.3 Å². The molecule has 0 spiro atoms. The van der Waals surface area contributed by atoms with Gasteiger partial charge in [0.25, 0.3) is 0 Å². The molecule has 1 aliphatic heterocycles. The number of ether oxygens (including phenoxy) is 1. The van der Waals surface area contributed by atoms with Crippen molar-refractivity contribution in [3.8, 4) is 0 Å². The molecule has 82 valence electrons. The van der Waals surface area contributed by atoms with Crippen LogP contribution in [-0.2, 0) is 4.74 Å². The summed E-state index contributed by atoms with van der Waals surface area (Å²) < 4.78 is 5.51. The average Bonchev–Trinajstić information content (AvgIpc) is 2.12. The molecule has 1 heterocycles. The molecule has 2 atom stereocenters. The molecule has 3 nitrogen and oxygen atoms in total. The average molecular weight is 199 g/mol. The summed E-state index contributed by atoms with van der Waals surface area (Å²) in [7, 11) is 0. The van der Waals surface area contributed by atoms with Crippen LogP contribution in [0.4, 0.5) is 0 Å². The Hall–Kier alpha value is -0.120. The zero-order valence-electron chi connectivity index (χ0n) is 8.98. The van der Waals surface area contributed by atoms with Crippen LogP contribution in [0.15, 0.2) is 0 Å². The van der Waals surface area contributed by atoms with Gasteiger partial charge in [0.2, 0.25) is 0 Å². The second kappa shape index (κ2) is 4.60. The Morgan fingerprint density at radius 2 is 2.00 bits per heavy atom. The summed E-state index contributed by atoms with van der Waals surface area (Å²) in [6, 6.07) is 0.417. The lowest BCUT2D eigenvalue weighted by atomic mass is 9.89. The number of aliphatic hydroxyl groups excluding tert-OH is 1. The van der Waals surface area contributed by atoms with Crippen molar-refractivity contribution in [1.29, 1.82) is 0 Å². The molecule has 2 unspecified atom stereocenters. The number of rotatable bonds is 3. The smallest absolute Gasteiger partial charge is 0.0828 e. The van der Waals surface area contributed by atoms with Gasteiger partial charge < -0.3 is 9.84 Å². The lowest BCUT2D eigenvalue weighted by Crippen LogP contribution is -2.60. The highest BCUT2D eigenvalue weighted by Gasteiger charge is 2.36. The topological polar surface area (TPSA) is 32.7 Å². The van der Waals surface area contributed by atoms with Crippen LogP contribution in [0, 0.1) is 0 Å². The molecule has 0 aromatic carbocycles. The minimum atomic E-state index is -0.0914. The van der Waals surface area contributed by atoms with Crippen LogP contribution in [0.5, 0.6) is 0 Å². The Bertz CT molecular complexity index is 180. The van der Waals surface area contributed by atoms with Gasteiger partial charge in [-0.1, -0.05) is 12.8 Å². The van der Waals surface area contributed by atoms with E-state index >= 15 is 0 Å². The third-order valence-corrected chi connectivity index (χ3v) is 3.44. The molecule has 0 radical (unpaired) electrons. The zero-order chi connectivity index (χ0) is 9.97. The third kappa shape index (κ3) is 2.10. The van der Waals surface area contributed by atoms with E-state index in [9.17, 15) is 5.11 Å². The van der Waals surface area contributed by atoms with Crippen molar-refractivity contribution in [3.63, 3.8) is 0 Å². The molecule has 14 heavy (non-hydrogen) atoms. The fourth-order valence-electron chi connectivity index (χ4n) is 2.60. The predicted octanol–water partition coefficient (Wildman–Crippen LogP) is 1.01. The maximum absolute atomic E-state index is 9.84. The van der Waals surface area contributed by atoms with Gasteiger partial charge in [0.1, 0.15) is 0 Å². The van der Waals surface area contributed by atoms with E-state index in [0.717, 1.165) is 26.1 Å². The van der Waals surface area contributed by atoms with E-state index in [1.54, 1.807) is 0 Å². The van der Waals surface area contributed by atoms with Gasteiger partial charge in [-0.05, 0) is 19.8 Å². The molecule has 1 N–H and O–H groups in total. The van der Waals surface area contributed by atoms with Crippen LogP contribution < -0.4 is 0 Å². The fraction of sp³-hybridized carbons (Fsp3) is 1.00. The molecule has 2 aliphatic rings. The van der Waals surface area contributed by atoms with Crippen molar-refractivity contribution in [1.82, 2.24) is 4.90 Å². The Morgan fingerprint density at radius 1 is 1.29 bits per heavy atom. The predicted molar refractivity (Wildman–Crippen MR) is 55.2 cm³/mol. The van der Waals surface area contributed by atoms with Crippen molar-refractivity contribution in [2.24, 2.45) is 0 Å². The summed E-state index contributed by atoms with van der Waals surface area (Å²) in [6.45, 7) is 4.90. The van der Waals surface area contributed by atoms with Gasteiger partial charge in [-0.3, -0.25) is 4.90 Å². The summed E-state index contributed by atoms with van der Waals surface area (Å²) in [5, 5.41) is 9.84. The van der Waals surface area contributed by atoms with Crippen molar-refractivity contribution in [3.05, 3.63) is 0 Å². The number of hydrogen-bond acceptors (Lipinski definition) is 3. The summed E-state index contributed by atoms with van der Waals surface area (Å²) in [4.78, 5) is 2.38. The minimum Gasteiger partial charge on any atom is -0.391 e. The molecule has 3 heteroatoms. The van der Waals surface area contributed by atoms with E-state index in [4.69, 9.17) is 4.74 Å². The first-order valence-electron chi connectivity index (χ1n) is 5.85. The van der Waals surface area contributed by atoms with Gasteiger partial charge >= 0.3 is 0 Å². The Balaban J connectivity index is 1.74. The molecule has 2 rings (SSSR count). The van der Waals surface area contributed by atoms with Gasteiger partial charge in [0, 0.05) is 25.7 Å². The molecular weight excluding hydrogens is 178 g/mol. The molecule has 0 bridgehead atoms. The van der Waals surface area contributed by atoms with E-state index in [2.05, 4.69) is 4.90 Å². The van der Waals surface area contributed by atoms with Crippen molar-refractivity contribution >= 4 is 0 Å². The third-order valence-electron chi connectivity index (χ3n) is 3.44. The number of nitrogens with zero attached hydrogens (tertiary/aromatic N) is 1. The summed E-state index contributed by atoms with van der Waals surface area (Å²) in [6.07, 6.45) is 4.96. The first-order chi connectivity index (χ1) is 6.81. The van der Waals surface area contributed by atoms with Crippen LogP contribution in [0.2, 0.25) is 0 Å². The minimum absolute atomic E-state index is 0.0914. The molecule has 0 aromatic heterocycles. The summed E-state index contributed by atoms with van der Waals surface area (Å²) in [5.41, 5.74) is 0. The Morgan fingerprint density at radius 3 is 2.64 bits per heavy atom. The number of hydrogen-bond donors (Lipinski definition) is 1. The lowest BCUT2D eigenvalue weighted by Gasteiger charge is -2.46. The van der Waals surface area contributed by atoms with Gasteiger partial charge in [-0.25, -0.2) is 0 Å². The highest BCUT2D eigenvalue weighted by molar-refractivity contribution is 4.91. The Kier molecular flexibility index (Phi) is 3.42. The van der Waals surface area contributed by atoms with Crippen LogP contribution in [0.25, 0.3) is 0 Å². The SMILES string of the molecule is CCOC1CN(C2CCCCC2O)C1. The van der Waals surface area contributed by atoms with Gasteiger partial charge in [0.15, 0.2) is 0 Å². The molecular formula is C11H21NO2. The van der Waals surface area contributed by atoms with Crippen molar-refractivity contribution in [2.75, 3.05) is 19.7 Å². The molecule has 2 fully saturated rings. The normalized spacial score (nSPS) is 35.6. The quantitative estimate of drug-likeness (QED) is 0.736. The summed E-state index contributed by atoms with van der Waals surface area (Å²) >= 11 is 0. The molecule has 1 saturated heterocycles. The number of likely N-dealkylation sites (tertiary alicyclic amines) is 1. The number of aliphatic hydroxyl groups is 1. The maximum atomic E-state index is 9.84. The van der Waals surface area contributed by atoms with Crippen molar-refractivity contribution < 1.29 is 9.84 Å². The first-order valence-corrected chi connectivity index (χ1v) is 5.85. The van der Waals surface area contributed by atoms with Crippen LogP contribution in [0.3, 0.4) is 0 Å². The largest absolute Gasteiger partial charge is 0.391 e. The first kappa shape index (κ1) is 10.4. The molecule has 0 aromatic rings. The Labute approximate surface area is 86.0 Å². The van der Waals surface area contributed by atoms with E-state index < -0.39 is 0 Å². The maximum Gasteiger partial charge on any atom is 0.0828 e. The van der Waals surface area contributed by atoms with Gasteiger partial charge in [-0.2, -0.15) is 0 Å². The lowest BCUT2D eigenvalue weighted by molar-refractivity contribution is -0.0983. The zero-order valence-corrected chi connectivity index (χ0v) is 8.98. The second-order valence-corrected chi connectivity index (χ2v) is 4.45. The van der Waals surface area contributed by atoms with Crippen LogP contribution in [-0.4, -0.2) is 48.0 Å². The fourth-order valence-corrected chi connectivity index (χ4v) is 2.60. The highest BCUT2D eigenvalue weighted by Crippen LogP contribution is 2.27. The van der Waals surface area contributed by atoms with Crippen LogP contribution in [0.1, 0.15) is 32.6 Å². The molecule has 1 aliphatic carbocycles. The second-order valence-electron chi connectivity index (χ2n) is 4.45. The van der Waals surface area contributed by atoms with Gasteiger partial charge in [0.05, 0.1) is 12.2 Å². The molecule has 1 saturated carbocycles. The highest BCUT2D eigenvalue weighted by atomic mass is 16.5. The van der Waals surface area contributed by atoms with Crippen molar-refractivity contribution in [2.45, 2.75) is 50.9 Å². The standard InChI is InChI=1S/C11H21NO2/c1-2-14-9-7-12(8-9)10-5-3-4-6-11(10)13/h9-11,13H,2-8H2,1H3. The van der Waals surface area contributed by atoms with Gasteiger partial charge in [-0.15, -0.1) is 0 Å². The van der Waals surface area contributed by atoms with Crippen LogP contribution >= 0.6 is 0 Å². The van der Waals surface area contributed by atoms with E-state index in [1.807, 2.05) is 6.92 Å². The molecule has 0 amide bonds. The summed E-state index contributed by atoms with van der Waals surface area (Å²) in [5.74, 6) is 0. The van der Waals surface area contributed by atoms with E-state index in [-0.39, 0.29) is 6.10 Å².